The van der Waals surface area contributed by atoms with E-state index < -0.39 is 11.8 Å². The molecule has 0 saturated carbocycles. The van der Waals surface area contributed by atoms with Gasteiger partial charge in [0.05, 0.1) is 19.9 Å². The Bertz CT molecular complexity index is 951. The summed E-state index contributed by atoms with van der Waals surface area (Å²) in [5.41, 5.74) is 2.47. The third kappa shape index (κ3) is 5.17. The second kappa shape index (κ2) is 10.1. The Hall–Kier alpha value is -3.80. The summed E-state index contributed by atoms with van der Waals surface area (Å²) in [6, 6.07) is 24.7. The van der Waals surface area contributed by atoms with E-state index in [1.165, 1.54) is 14.2 Å². The number of methoxy groups -OCH3 is 2. The lowest BCUT2D eigenvalue weighted by Gasteiger charge is -2.19. The molecule has 30 heavy (non-hydrogen) atoms. The molecular weight excluding hydrogens is 380 g/mol. The van der Waals surface area contributed by atoms with Crippen LogP contribution in [0.25, 0.3) is 0 Å². The van der Waals surface area contributed by atoms with Crippen LogP contribution in [0.1, 0.15) is 17.0 Å². The van der Waals surface area contributed by atoms with E-state index in [1.807, 2.05) is 60.7 Å². The molecule has 3 rings (SSSR count). The van der Waals surface area contributed by atoms with Crippen molar-refractivity contribution in [1.29, 1.82) is 0 Å². The number of hydrogen-bond acceptors (Lipinski definition) is 4. The van der Waals surface area contributed by atoms with Crippen molar-refractivity contribution in [2.75, 3.05) is 26.1 Å². The Balaban J connectivity index is 1.71. The van der Waals surface area contributed by atoms with Crippen LogP contribution in [-0.2, 0) is 9.59 Å². The molecule has 0 unspecified atom stereocenters. The van der Waals surface area contributed by atoms with Crippen LogP contribution in [0.15, 0.2) is 78.9 Å². The molecule has 6 heteroatoms. The lowest BCUT2D eigenvalue weighted by molar-refractivity contribution is -0.136. The first-order chi connectivity index (χ1) is 14.6. The number of carbonyl (C=O) groups is 2. The standard InChI is InChI=1S/C24H24N2O4/c1-29-19-13-14-22(30-2)21(15-19)26-24(28)23(27)25-16-20(17-9-5-3-6-10-17)18-11-7-4-8-12-18/h3-15,20H,16H2,1-2H3,(H,25,27)(H,26,28). The van der Waals surface area contributed by atoms with Crippen LogP contribution in [0.3, 0.4) is 0 Å². The topological polar surface area (TPSA) is 76.7 Å². The Morgan fingerprint density at radius 1 is 0.800 bits per heavy atom. The molecule has 3 aromatic carbocycles. The largest absolute Gasteiger partial charge is 0.497 e. The van der Waals surface area contributed by atoms with Crippen LogP contribution >= 0.6 is 0 Å². The van der Waals surface area contributed by atoms with E-state index in [9.17, 15) is 9.59 Å². The number of ether oxygens (including phenoxy) is 2. The highest BCUT2D eigenvalue weighted by molar-refractivity contribution is 6.39. The van der Waals surface area contributed by atoms with Crippen LogP contribution in [0.2, 0.25) is 0 Å². The average Bonchev–Trinajstić information content (AvgIpc) is 2.80. The van der Waals surface area contributed by atoms with E-state index in [0.29, 0.717) is 17.2 Å². The van der Waals surface area contributed by atoms with Gasteiger partial charge in [-0.2, -0.15) is 0 Å². The molecule has 3 aromatic rings. The molecule has 0 saturated heterocycles. The third-order valence-electron chi connectivity index (χ3n) is 4.73. The fourth-order valence-corrected chi connectivity index (χ4v) is 3.16. The molecule has 0 aromatic heterocycles. The van der Waals surface area contributed by atoms with Gasteiger partial charge in [-0.05, 0) is 23.3 Å². The van der Waals surface area contributed by atoms with E-state index >= 15 is 0 Å². The van der Waals surface area contributed by atoms with Crippen molar-refractivity contribution in [3.8, 4) is 11.5 Å². The predicted molar refractivity (Wildman–Crippen MR) is 116 cm³/mol. The minimum Gasteiger partial charge on any atom is -0.497 e. The second-order valence-corrected chi connectivity index (χ2v) is 6.60. The molecule has 0 radical (unpaired) electrons. The smallest absolute Gasteiger partial charge is 0.313 e. The highest BCUT2D eigenvalue weighted by Gasteiger charge is 2.20. The van der Waals surface area contributed by atoms with Crippen molar-refractivity contribution in [3.05, 3.63) is 90.0 Å². The molecule has 0 spiro atoms. The highest BCUT2D eigenvalue weighted by atomic mass is 16.5. The van der Waals surface area contributed by atoms with Gasteiger partial charge in [-0.25, -0.2) is 0 Å². The SMILES string of the molecule is COc1ccc(OC)c(NC(=O)C(=O)NCC(c2ccccc2)c2ccccc2)c1. The van der Waals surface area contributed by atoms with Gasteiger partial charge < -0.3 is 20.1 Å². The fraction of sp³-hybridized carbons (Fsp3) is 0.167. The van der Waals surface area contributed by atoms with Crippen molar-refractivity contribution in [3.63, 3.8) is 0 Å². The number of carbonyl (C=O) groups excluding carboxylic acids is 2. The van der Waals surface area contributed by atoms with Crippen LogP contribution in [0, 0.1) is 0 Å². The molecule has 2 amide bonds. The minimum absolute atomic E-state index is 0.0736. The summed E-state index contributed by atoms with van der Waals surface area (Å²) in [7, 11) is 3.01. The van der Waals surface area contributed by atoms with Gasteiger partial charge in [0.15, 0.2) is 0 Å². The van der Waals surface area contributed by atoms with Gasteiger partial charge in [0.2, 0.25) is 0 Å². The van der Waals surface area contributed by atoms with Gasteiger partial charge >= 0.3 is 11.8 Å². The van der Waals surface area contributed by atoms with Crippen molar-refractivity contribution in [2.24, 2.45) is 0 Å². The molecule has 2 N–H and O–H groups in total. The minimum atomic E-state index is -0.776. The zero-order chi connectivity index (χ0) is 21.3. The number of rotatable bonds is 7. The Morgan fingerprint density at radius 2 is 1.40 bits per heavy atom. The van der Waals surface area contributed by atoms with E-state index in [-0.39, 0.29) is 12.5 Å². The quantitative estimate of drug-likeness (QED) is 0.590. The number of benzene rings is 3. The van der Waals surface area contributed by atoms with Crippen molar-refractivity contribution < 1.29 is 19.1 Å². The summed E-state index contributed by atoms with van der Waals surface area (Å²) in [5, 5.41) is 5.33. The average molecular weight is 404 g/mol. The molecule has 6 nitrogen and oxygen atoms in total. The molecule has 0 fully saturated rings. The van der Waals surface area contributed by atoms with Crippen molar-refractivity contribution in [1.82, 2.24) is 5.32 Å². The lowest BCUT2D eigenvalue weighted by Crippen LogP contribution is -2.37. The van der Waals surface area contributed by atoms with E-state index in [4.69, 9.17) is 9.47 Å². The van der Waals surface area contributed by atoms with Crippen LogP contribution in [0.4, 0.5) is 5.69 Å². The van der Waals surface area contributed by atoms with Crippen LogP contribution < -0.4 is 20.1 Å². The summed E-state index contributed by atoms with van der Waals surface area (Å²) >= 11 is 0. The Kier molecular flexibility index (Phi) is 7.05. The van der Waals surface area contributed by atoms with E-state index in [1.54, 1.807) is 18.2 Å². The van der Waals surface area contributed by atoms with Gasteiger partial charge in [0.25, 0.3) is 0 Å². The second-order valence-electron chi connectivity index (χ2n) is 6.60. The first kappa shape index (κ1) is 20.9. The zero-order valence-electron chi connectivity index (χ0n) is 16.9. The van der Waals surface area contributed by atoms with Gasteiger partial charge in [-0.3, -0.25) is 9.59 Å². The molecule has 0 atom stereocenters. The summed E-state index contributed by atoms with van der Waals surface area (Å²) < 4.78 is 10.4. The van der Waals surface area contributed by atoms with Crippen LogP contribution in [0.5, 0.6) is 11.5 Å². The summed E-state index contributed by atoms with van der Waals surface area (Å²) in [4.78, 5) is 24.9. The maximum atomic E-state index is 12.5. The fourth-order valence-electron chi connectivity index (χ4n) is 3.16. The lowest BCUT2D eigenvalue weighted by atomic mass is 9.91. The summed E-state index contributed by atoms with van der Waals surface area (Å²) in [5.74, 6) is -0.600. The Labute approximate surface area is 175 Å². The number of hydrogen-bond donors (Lipinski definition) is 2. The summed E-state index contributed by atoms with van der Waals surface area (Å²) in [6.07, 6.45) is 0. The monoisotopic (exact) mass is 404 g/mol. The molecule has 0 aliphatic carbocycles. The van der Waals surface area contributed by atoms with E-state index in [0.717, 1.165) is 11.1 Å². The first-order valence-electron chi connectivity index (χ1n) is 9.53. The molecular formula is C24H24N2O4. The first-order valence-corrected chi connectivity index (χ1v) is 9.53. The van der Waals surface area contributed by atoms with Gasteiger partial charge in [0.1, 0.15) is 11.5 Å². The van der Waals surface area contributed by atoms with Gasteiger partial charge in [-0.1, -0.05) is 60.7 Å². The number of anilines is 1. The maximum Gasteiger partial charge on any atom is 0.313 e. The number of nitrogens with one attached hydrogen (secondary N) is 2. The molecule has 0 aliphatic rings. The van der Waals surface area contributed by atoms with Crippen molar-refractivity contribution in [2.45, 2.75) is 5.92 Å². The van der Waals surface area contributed by atoms with Gasteiger partial charge in [0, 0.05) is 18.5 Å². The molecule has 0 aliphatic heterocycles. The summed E-state index contributed by atoms with van der Waals surface area (Å²) in [6.45, 7) is 0.287. The molecule has 0 heterocycles. The van der Waals surface area contributed by atoms with Crippen LogP contribution in [-0.4, -0.2) is 32.6 Å². The van der Waals surface area contributed by atoms with E-state index in [2.05, 4.69) is 10.6 Å². The Morgan fingerprint density at radius 3 is 1.93 bits per heavy atom. The molecule has 0 bridgehead atoms. The third-order valence-corrected chi connectivity index (χ3v) is 4.73. The number of amides is 2. The predicted octanol–water partition coefficient (Wildman–Crippen LogP) is 3.59. The molecule has 154 valence electrons. The normalized spacial score (nSPS) is 10.4. The van der Waals surface area contributed by atoms with Gasteiger partial charge in [-0.15, -0.1) is 0 Å². The zero-order valence-corrected chi connectivity index (χ0v) is 16.9. The maximum absolute atomic E-state index is 12.5. The highest BCUT2D eigenvalue weighted by Crippen LogP contribution is 2.29. The van der Waals surface area contributed by atoms with Crippen molar-refractivity contribution >= 4 is 17.5 Å².